The van der Waals surface area contributed by atoms with E-state index >= 15 is 0 Å². The van der Waals surface area contributed by atoms with Crippen LogP contribution in [0.2, 0.25) is 0 Å². The molecule has 166 valence electrons. The van der Waals surface area contributed by atoms with Crippen molar-refractivity contribution in [3.8, 4) is 5.75 Å². The van der Waals surface area contributed by atoms with Gasteiger partial charge in [-0.05, 0) is 24.0 Å². The van der Waals surface area contributed by atoms with E-state index in [0.29, 0.717) is 37.1 Å². The number of carbonyl (C=O) groups is 3. The molecule has 8 nitrogen and oxygen atoms in total. The quantitative estimate of drug-likeness (QED) is 0.564. The lowest BCUT2D eigenvalue weighted by atomic mass is 10.1. The van der Waals surface area contributed by atoms with Crippen molar-refractivity contribution in [2.24, 2.45) is 11.8 Å². The number of nitrogens with zero attached hydrogens (tertiary/aromatic N) is 1. The summed E-state index contributed by atoms with van der Waals surface area (Å²) >= 11 is 0. The van der Waals surface area contributed by atoms with E-state index in [4.69, 9.17) is 9.47 Å². The number of nitrogens with one attached hydrogen (secondary N) is 2. The molecular weight excluding hydrogens is 386 g/mol. The Hall–Kier alpha value is -2.77. The fourth-order valence-corrected chi connectivity index (χ4v) is 2.96. The lowest BCUT2D eigenvalue weighted by molar-refractivity contribution is -0.152. The first-order chi connectivity index (χ1) is 14.3. The van der Waals surface area contributed by atoms with Gasteiger partial charge in [-0.15, -0.1) is 0 Å². The second-order valence-electron chi connectivity index (χ2n) is 8.23. The van der Waals surface area contributed by atoms with Gasteiger partial charge in [-0.1, -0.05) is 39.8 Å². The minimum atomic E-state index is -0.861. The molecule has 1 unspecified atom stereocenters. The standard InChI is InChI=1S/C22H33N3O5/c1-15(2)13-29-19-8-6-5-7-17(19)24-12-20(26)25-10-9-23-22(28)18(25)11-21(27)30-14-16(3)4/h5-8,15-16,18,24H,9-14H2,1-4H3,(H,23,28). The van der Waals surface area contributed by atoms with Gasteiger partial charge in [0.2, 0.25) is 11.8 Å². The molecule has 0 saturated carbocycles. The number of anilines is 1. The summed E-state index contributed by atoms with van der Waals surface area (Å²) in [5, 5.41) is 5.82. The number of benzene rings is 1. The number of hydrogen-bond donors (Lipinski definition) is 2. The van der Waals surface area contributed by atoms with Gasteiger partial charge >= 0.3 is 5.97 Å². The minimum Gasteiger partial charge on any atom is -0.491 e. The third-order valence-electron chi connectivity index (χ3n) is 4.48. The third kappa shape index (κ3) is 7.24. The molecule has 0 spiro atoms. The van der Waals surface area contributed by atoms with Crippen LogP contribution in [0.4, 0.5) is 5.69 Å². The van der Waals surface area contributed by atoms with E-state index in [2.05, 4.69) is 24.5 Å². The normalized spacial score (nSPS) is 16.4. The van der Waals surface area contributed by atoms with Gasteiger partial charge in [0.1, 0.15) is 11.8 Å². The molecule has 0 radical (unpaired) electrons. The number of amides is 2. The second-order valence-corrected chi connectivity index (χ2v) is 8.23. The van der Waals surface area contributed by atoms with Crippen LogP contribution in [-0.4, -0.2) is 61.6 Å². The molecule has 1 aliphatic rings. The Balaban J connectivity index is 1.98. The Bertz CT molecular complexity index is 735. The largest absolute Gasteiger partial charge is 0.491 e. The zero-order valence-corrected chi connectivity index (χ0v) is 18.3. The van der Waals surface area contributed by atoms with E-state index < -0.39 is 12.0 Å². The van der Waals surface area contributed by atoms with Crippen LogP contribution in [0.5, 0.6) is 5.75 Å². The molecule has 1 saturated heterocycles. The number of carbonyl (C=O) groups excluding carboxylic acids is 3. The van der Waals surface area contributed by atoms with Crippen LogP contribution in [0.25, 0.3) is 0 Å². The zero-order valence-electron chi connectivity index (χ0n) is 18.3. The summed E-state index contributed by atoms with van der Waals surface area (Å²) in [6, 6.07) is 6.55. The molecule has 0 aliphatic carbocycles. The highest BCUT2D eigenvalue weighted by atomic mass is 16.5. The fraction of sp³-hybridized carbons (Fsp3) is 0.591. The first kappa shape index (κ1) is 23.5. The predicted octanol–water partition coefficient (Wildman–Crippen LogP) is 2.05. The van der Waals surface area contributed by atoms with E-state index in [9.17, 15) is 14.4 Å². The maximum Gasteiger partial charge on any atom is 0.308 e. The zero-order chi connectivity index (χ0) is 22.1. The number of para-hydroxylation sites is 2. The number of hydrogen-bond acceptors (Lipinski definition) is 6. The summed E-state index contributed by atoms with van der Waals surface area (Å²) in [6.45, 7) is 9.55. The van der Waals surface area contributed by atoms with Gasteiger partial charge in [0.25, 0.3) is 0 Å². The van der Waals surface area contributed by atoms with Crippen LogP contribution in [0.1, 0.15) is 34.1 Å². The Morgan fingerprint density at radius 2 is 1.87 bits per heavy atom. The molecule has 0 aromatic heterocycles. The first-order valence-electron chi connectivity index (χ1n) is 10.5. The molecule has 1 heterocycles. The monoisotopic (exact) mass is 419 g/mol. The maximum atomic E-state index is 12.8. The van der Waals surface area contributed by atoms with Gasteiger partial charge in [0.15, 0.2) is 0 Å². The van der Waals surface area contributed by atoms with Crippen LogP contribution in [0.15, 0.2) is 24.3 Å². The Kier molecular flexibility index (Phi) is 8.95. The van der Waals surface area contributed by atoms with Crippen molar-refractivity contribution in [1.29, 1.82) is 0 Å². The van der Waals surface area contributed by atoms with Crippen molar-refractivity contribution in [3.63, 3.8) is 0 Å². The smallest absolute Gasteiger partial charge is 0.308 e. The van der Waals surface area contributed by atoms with Crippen molar-refractivity contribution in [3.05, 3.63) is 24.3 Å². The summed E-state index contributed by atoms with van der Waals surface area (Å²) in [5.41, 5.74) is 0.709. The average Bonchev–Trinajstić information content (AvgIpc) is 2.71. The van der Waals surface area contributed by atoms with Crippen LogP contribution < -0.4 is 15.4 Å². The van der Waals surface area contributed by atoms with Gasteiger partial charge < -0.3 is 25.0 Å². The molecule has 1 aliphatic heterocycles. The molecule has 2 rings (SSSR count). The molecule has 8 heteroatoms. The summed E-state index contributed by atoms with van der Waals surface area (Å²) in [6.07, 6.45) is -0.154. The number of esters is 1. The highest BCUT2D eigenvalue weighted by Crippen LogP contribution is 2.24. The van der Waals surface area contributed by atoms with Gasteiger partial charge in [-0.3, -0.25) is 14.4 Å². The molecular formula is C22H33N3O5. The van der Waals surface area contributed by atoms with E-state index in [1.165, 1.54) is 4.90 Å². The van der Waals surface area contributed by atoms with Crippen LogP contribution >= 0.6 is 0 Å². The van der Waals surface area contributed by atoms with Gasteiger partial charge in [0.05, 0.1) is 31.9 Å². The lowest BCUT2D eigenvalue weighted by Crippen LogP contribution is -2.58. The van der Waals surface area contributed by atoms with Gasteiger partial charge in [0, 0.05) is 13.1 Å². The summed E-state index contributed by atoms with van der Waals surface area (Å²) < 4.78 is 11.0. The molecule has 1 aromatic carbocycles. The van der Waals surface area contributed by atoms with Crippen molar-refractivity contribution >= 4 is 23.5 Å². The fourth-order valence-electron chi connectivity index (χ4n) is 2.96. The molecule has 30 heavy (non-hydrogen) atoms. The molecule has 1 atom stereocenters. The summed E-state index contributed by atoms with van der Waals surface area (Å²) in [7, 11) is 0. The van der Waals surface area contributed by atoms with Crippen molar-refractivity contribution in [2.75, 3.05) is 38.2 Å². The molecule has 2 amide bonds. The Labute approximate surface area is 178 Å². The van der Waals surface area contributed by atoms with Crippen molar-refractivity contribution in [2.45, 2.75) is 40.2 Å². The Morgan fingerprint density at radius 3 is 2.57 bits per heavy atom. The summed E-state index contributed by atoms with van der Waals surface area (Å²) in [5.74, 6) is 0.173. The third-order valence-corrected chi connectivity index (χ3v) is 4.48. The van der Waals surface area contributed by atoms with Crippen molar-refractivity contribution < 1.29 is 23.9 Å². The predicted molar refractivity (Wildman–Crippen MR) is 114 cm³/mol. The molecule has 1 aromatic rings. The highest BCUT2D eigenvalue weighted by Gasteiger charge is 2.35. The number of piperazine rings is 1. The first-order valence-corrected chi connectivity index (χ1v) is 10.5. The highest BCUT2D eigenvalue weighted by molar-refractivity contribution is 5.93. The van der Waals surface area contributed by atoms with E-state index in [0.717, 1.165) is 0 Å². The second kappa shape index (κ2) is 11.4. The maximum absolute atomic E-state index is 12.8. The SMILES string of the molecule is CC(C)COC(=O)CC1C(=O)NCCN1C(=O)CNc1ccccc1OCC(C)C. The Morgan fingerprint density at radius 1 is 1.17 bits per heavy atom. The van der Waals surface area contributed by atoms with Crippen LogP contribution in [-0.2, 0) is 19.1 Å². The van der Waals surface area contributed by atoms with E-state index in [-0.39, 0.29) is 37.3 Å². The molecule has 0 bridgehead atoms. The number of rotatable bonds is 10. The van der Waals surface area contributed by atoms with Crippen LogP contribution in [0.3, 0.4) is 0 Å². The minimum absolute atomic E-state index is 0.00707. The van der Waals surface area contributed by atoms with Crippen molar-refractivity contribution in [1.82, 2.24) is 10.2 Å². The molecule has 1 fully saturated rings. The summed E-state index contributed by atoms with van der Waals surface area (Å²) in [4.78, 5) is 38.7. The van der Waals surface area contributed by atoms with Crippen LogP contribution in [0, 0.1) is 11.8 Å². The van der Waals surface area contributed by atoms with Gasteiger partial charge in [-0.25, -0.2) is 0 Å². The van der Waals surface area contributed by atoms with E-state index in [1.807, 2.05) is 38.1 Å². The molecule has 2 N–H and O–H groups in total. The topological polar surface area (TPSA) is 97.0 Å². The number of ether oxygens (including phenoxy) is 2. The van der Waals surface area contributed by atoms with Gasteiger partial charge in [-0.2, -0.15) is 0 Å². The lowest BCUT2D eigenvalue weighted by Gasteiger charge is -2.34. The average molecular weight is 420 g/mol. The van der Waals surface area contributed by atoms with E-state index in [1.54, 1.807) is 0 Å².